The average molecular weight is 397 g/mol. The number of methoxy groups -OCH3 is 1. The van der Waals surface area contributed by atoms with Crippen LogP contribution >= 0.6 is 0 Å². The molecule has 0 saturated heterocycles. The standard InChI is InChI=1S/C19H23N7O3/c1-25-19(27)17(20-8-13-9-22-26(2)23-13)7-18(24-25)29-11-12-6-15(12)16-5-4-14(28-3)10-21-16/h4-5,7,9-10,12,15,20H,6,8,11H2,1-3H3. The molecule has 10 heteroatoms. The van der Waals surface area contributed by atoms with Crippen LogP contribution in [-0.4, -0.2) is 43.5 Å². The van der Waals surface area contributed by atoms with Gasteiger partial charge in [-0.25, -0.2) is 4.68 Å². The Morgan fingerprint density at radius 1 is 1.24 bits per heavy atom. The number of aryl methyl sites for hydroxylation is 2. The molecule has 3 aromatic rings. The minimum atomic E-state index is -0.229. The van der Waals surface area contributed by atoms with Crippen LogP contribution in [0.15, 0.2) is 35.4 Å². The van der Waals surface area contributed by atoms with E-state index in [9.17, 15) is 4.79 Å². The van der Waals surface area contributed by atoms with E-state index < -0.39 is 0 Å². The summed E-state index contributed by atoms with van der Waals surface area (Å²) in [7, 11) is 4.97. The summed E-state index contributed by atoms with van der Waals surface area (Å²) < 4.78 is 12.3. The van der Waals surface area contributed by atoms with Gasteiger partial charge >= 0.3 is 0 Å². The maximum atomic E-state index is 12.3. The second-order valence-electron chi connectivity index (χ2n) is 7.04. The molecule has 3 heterocycles. The Morgan fingerprint density at radius 3 is 2.79 bits per heavy atom. The smallest absolute Gasteiger partial charge is 0.290 e. The molecule has 0 aromatic carbocycles. The molecule has 2 unspecified atom stereocenters. The first-order valence-corrected chi connectivity index (χ1v) is 9.33. The first-order chi connectivity index (χ1) is 14.0. The van der Waals surface area contributed by atoms with E-state index in [4.69, 9.17) is 9.47 Å². The highest BCUT2D eigenvalue weighted by atomic mass is 16.5. The fraction of sp³-hybridized carbons (Fsp3) is 0.421. The maximum Gasteiger partial charge on any atom is 0.290 e. The lowest BCUT2D eigenvalue weighted by molar-refractivity contribution is 0.278. The van der Waals surface area contributed by atoms with E-state index in [1.54, 1.807) is 39.7 Å². The van der Waals surface area contributed by atoms with E-state index in [1.807, 2.05) is 12.1 Å². The fourth-order valence-corrected chi connectivity index (χ4v) is 3.15. The number of pyridine rings is 1. The van der Waals surface area contributed by atoms with Gasteiger partial charge in [0.2, 0.25) is 5.88 Å². The van der Waals surface area contributed by atoms with E-state index in [2.05, 4.69) is 25.6 Å². The van der Waals surface area contributed by atoms with E-state index in [0.717, 1.165) is 23.6 Å². The molecule has 0 radical (unpaired) electrons. The molecule has 1 fully saturated rings. The highest BCUT2D eigenvalue weighted by Gasteiger charge is 2.40. The van der Waals surface area contributed by atoms with Crippen molar-refractivity contribution in [3.05, 3.63) is 52.3 Å². The Bertz CT molecular complexity index is 1040. The van der Waals surface area contributed by atoms with Gasteiger partial charge in [-0.05, 0) is 18.6 Å². The lowest BCUT2D eigenvalue weighted by atomic mass is 10.2. The molecule has 0 aliphatic heterocycles. The van der Waals surface area contributed by atoms with Crippen LogP contribution < -0.4 is 20.3 Å². The number of anilines is 1. The quantitative estimate of drug-likeness (QED) is 0.602. The van der Waals surface area contributed by atoms with Crippen molar-refractivity contribution in [2.24, 2.45) is 20.0 Å². The zero-order valence-corrected chi connectivity index (χ0v) is 16.6. The molecule has 152 valence electrons. The molecule has 1 N–H and O–H groups in total. The van der Waals surface area contributed by atoms with E-state index in [1.165, 1.54) is 9.48 Å². The minimum Gasteiger partial charge on any atom is -0.495 e. The van der Waals surface area contributed by atoms with Crippen LogP contribution in [0.5, 0.6) is 11.6 Å². The van der Waals surface area contributed by atoms with Crippen LogP contribution in [0.4, 0.5) is 5.69 Å². The van der Waals surface area contributed by atoms with Crippen molar-refractivity contribution in [2.75, 3.05) is 19.0 Å². The van der Waals surface area contributed by atoms with Crippen molar-refractivity contribution in [1.29, 1.82) is 0 Å². The third-order valence-corrected chi connectivity index (χ3v) is 4.89. The summed E-state index contributed by atoms with van der Waals surface area (Å²) in [5.41, 5.74) is 1.96. The molecule has 0 spiro atoms. The summed E-state index contributed by atoms with van der Waals surface area (Å²) in [6.07, 6.45) is 4.40. The molecule has 1 aliphatic carbocycles. The summed E-state index contributed by atoms with van der Waals surface area (Å²) in [6.45, 7) is 0.910. The molecule has 2 atom stereocenters. The predicted octanol–water partition coefficient (Wildman–Crippen LogP) is 1.11. The summed E-state index contributed by atoms with van der Waals surface area (Å²) in [5, 5.41) is 15.5. The normalized spacial score (nSPS) is 17.8. The van der Waals surface area contributed by atoms with E-state index in [0.29, 0.717) is 36.6 Å². The number of nitrogens with zero attached hydrogens (tertiary/aromatic N) is 6. The van der Waals surface area contributed by atoms with Crippen LogP contribution in [0.1, 0.15) is 23.7 Å². The van der Waals surface area contributed by atoms with Gasteiger partial charge in [0, 0.05) is 37.7 Å². The summed E-state index contributed by atoms with van der Waals surface area (Å²) in [5.74, 6) is 1.91. The first-order valence-electron chi connectivity index (χ1n) is 9.33. The molecule has 3 aromatic heterocycles. The number of nitrogens with one attached hydrogen (secondary N) is 1. The molecule has 0 amide bonds. The summed E-state index contributed by atoms with van der Waals surface area (Å²) in [6, 6.07) is 5.53. The van der Waals surface area contributed by atoms with Crippen molar-refractivity contribution in [3.8, 4) is 11.6 Å². The van der Waals surface area contributed by atoms with E-state index in [-0.39, 0.29) is 5.56 Å². The van der Waals surface area contributed by atoms with Crippen LogP contribution in [0.3, 0.4) is 0 Å². The topological polar surface area (TPSA) is 109 Å². The van der Waals surface area contributed by atoms with Crippen LogP contribution in [0.25, 0.3) is 0 Å². The minimum absolute atomic E-state index is 0.229. The first kappa shape index (κ1) is 18.9. The van der Waals surface area contributed by atoms with Crippen molar-refractivity contribution in [1.82, 2.24) is 29.8 Å². The second-order valence-corrected chi connectivity index (χ2v) is 7.04. The van der Waals surface area contributed by atoms with Gasteiger partial charge in [-0.15, -0.1) is 5.10 Å². The highest BCUT2D eigenvalue weighted by Crippen LogP contribution is 2.46. The number of hydrogen-bond acceptors (Lipinski definition) is 8. The molecular formula is C19H23N7O3. The molecule has 29 heavy (non-hydrogen) atoms. The zero-order chi connectivity index (χ0) is 20.4. The molecule has 1 aliphatic rings. The Kier molecular flexibility index (Phi) is 5.15. The SMILES string of the molecule is COc1ccc(C2CC2COc2cc(NCc3cnn(C)n3)c(=O)n(C)n2)nc1. The molecular weight excluding hydrogens is 374 g/mol. The van der Waals surface area contributed by atoms with Crippen molar-refractivity contribution < 1.29 is 9.47 Å². The van der Waals surface area contributed by atoms with Gasteiger partial charge in [0.05, 0.1) is 32.7 Å². The van der Waals surface area contributed by atoms with Crippen LogP contribution in [0, 0.1) is 5.92 Å². The van der Waals surface area contributed by atoms with Gasteiger partial charge in [-0.1, -0.05) is 0 Å². The van der Waals surface area contributed by atoms with E-state index >= 15 is 0 Å². The van der Waals surface area contributed by atoms with Crippen LogP contribution in [-0.2, 0) is 20.6 Å². The van der Waals surface area contributed by atoms with Gasteiger partial charge in [-0.3, -0.25) is 9.78 Å². The van der Waals surface area contributed by atoms with Gasteiger partial charge in [-0.2, -0.15) is 15.0 Å². The zero-order valence-electron chi connectivity index (χ0n) is 16.6. The third-order valence-electron chi connectivity index (χ3n) is 4.89. The number of ether oxygens (including phenoxy) is 2. The number of rotatable bonds is 8. The second kappa shape index (κ2) is 7.90. The Balaban J connectivity index is 1.36. The number of aromatic nitrogens is 6. The third kappa shape index (κ3) is 4.36. The predicted molar refractivity (Wildman–Crippen MR) is 105 cm³/mol. The highest BCUT2D eigenvalue weighted by molar-refractivity contribution is 5.43. The lowest BCUT2D eigenvalue weighted by Crippen LogP contribution is -2.24. The van der Waals surface area contributed by atoms with Crippen molar-refractivity contribution in [2.45, 2.75) is 18.9 Å². The molecule has 1 saturated carbocycles. The van der Waals surface area contributed by atoms with Gasteiger partial charge in [0.1, 0.15) is 17.1 Å². The van der Waals surface area contributed by atoms with Crippen molar-refractivity contribution in [3.63, 3.8) is 0 Å². The van der Waals surface area contributed by atoms with Gasteiger partial charge in [0.25, 0.3) is 5.56 Å². The molecule has 4 rings (SSSR count). The summed E-state index contributed by atoms with van der Waals surface area (Å²) in [4.78, 5) is 18.2. The lowest BCUT2D eigenvalue weighted by Gasteiger charge is -2.10. The van der Waals surface area contributed by atoms with Crippen LogP contribution in [0.2, 0.25) is 0 Å². The average Bonchev–Trinajstić information content (AvgIpc) is 3.39. The van der Waals surface area contributed by atoms with Gasteiger partial charge < -0.3 is 14.8 Å². The fourth-order valence-electron chi connectivity index (χ4n) is 3.15. The monoisotopic (exact) mass is 397 g/mol. The molecule has 0 bridgehead atoms. The van der Waals surface area contributed by atoms with Crippen molar-refractivity contribution >= 4 is 5.69 Å². The number of hydrogen-bond donors (Lipinski definition) is 1. The Morgan fingerprint density at radius 2 is 2.10 bits per heavy atom. The maximum absolute atomic E-state index is 12.3. The Hall–Kier alpha value is -3.43. The van der Waals surface area contributed by atoms with Gasteiger partial charge in [0.15, 0.2) is 0 Å². The largest absolute Gasteiger partial charge is 0.495 e. The molecule has 10 nitrogen and oxygen atoms in total. The summed E-state index contributed by atoms with van der Waals surface area (Å²) >= 11 is 0. The Labute approximate surface area is 167 Å².